The van der Waals surface area contributed by atoms with Gasteiger partial charge < -0.3 is 10.3 Å². The summed E-state index contributed by atoms with van der Waals surface area (Å²) < 4.78 is 2.79. The number of aromatic amines is 1. The molecule has 6 nitrogen and oxygen atoms in total. The molecular formula is C22H24BrClN6. The van der Waals surface area contributed by atoms with Gasteiger partial charge in [-0.1, -0.05) is 23.8 Å². The topological polar surface area (TPSA) is 71.4 Å². The van der Waals surface area contributed by atoms with Gasteiger partial charge in [0.15, 0.2) is 0 Å². The van der Waals surface area contributed by atoms with Crippen LogP contribution in [0, 0.1) is 5.92 Å². The van der Waals surface area contributed by atoms with E-state index in [9.17, 15) is 0 Å². The van der Waals surface area contributed by atoms with Crippen LogP contribution in [0.25, 0.3) is 22.2 Å². The van der Waals surface area contributed by atoms with E-state index >= 15 is 0 Å². The van der Waals surface area contributed by atoms with Crippen LogP contribution in [-0.2, 0) is 13.1 Å². The summed E-state index contributed by atoms with van der Waals surface area (Å²) in [5.41, 5.74) is 5.36. The van der Waals surface area contributed by atoms with Gasteiger partial charge in [0.2, 0.25) is 0 Å². The number of hydrogen-bond acceptors (Lipinski definition) is 4. The van der Waals surface area contributed by atoms with Crippen LogP contribution in [0.4, 0.5) is 0 Å². The molecule has 0 aliphatic heterocycles. The van der Waals surface area contributed by atoms with Crippen LogP contribution >= 0.6 is 28.3 Å². The lowest BCUT2D eigenvalue weighted by molar-refractivity contribution is 0.301. The summed E-state index contributed by atoms with van der Waals surface area (Å²) in [5.74, 6) is 0.881. The molecule has 0 spiro atoms. The number of H-pyrrole nitrogens is 1. The van der Waals surface area contributed by atoms with Crippen molar-refractivity contribution in [2.75, 3.05) is 6.54 Å². The van der Waals surface area contributed by atoms with Crippen LogP contribution in [0.15, 0.2) is 53.4 Å². The molecule has 4 aromatic rings. The van der Waals surface area contributed by atoms with E-state index in [4.69, 9.17) is 0 Å². The van der Waals surface area contributed by atoms with Crippen LogP contribution in [0.1, 0.15) is 30.5 Å². The van der Waals surface area contributed by atoms with Crippen molar-refractivity contribution in [3.05, 3.63) is 64.7 Å². The highest BCUT2D eigenvalue weighted by atomic mass is 79.9. The van der Waals surface area contributed by atoms with E-state index in [0.717, 1.165) is 34.7 Å². The zero-order valence-corrected chi connectivity index (χ0v) is 18.9. The summed E-state index contributed by atoms with van der Waals surface area (Å²) in [6, 6.07) is 10.8. The maximum absolute atomic E-state index is 4.29. The number of benzene rings is 1. The molecule has 0 saturated heterocycles. The first kappa shape index (κ1) is 21.0. The average Bonchev–Trinajstić information content (AvgIpc) is 3.30. The second-order valence-electron chi connectivity index (χ2n) is 7.84. The van der Waals surface area contributed by atoms with Crippen molar-refractivity contribution in [3.8, 4) is 11.3 Å². The molecule has 1 fully saturated rings. The van der Waals surface area contributed by atoms with Crippen molar-refractivity contribution in [1.82, 2.24) is 30.3 Å². The number of nitrogens with zero attached hydrogens (tertiary/aromatic N) is 4. The molecule has 3 aromatic heterocycles. The van der Waals surface area contributed by atoms with Crippen LogP contribution < -0.4 is 5.32 Å². The van der Waals surface area contributed by atoms with E-state index in [2.05, 4.69) is 65.8 Å². The van der Waals surface area contributed by atoms with Gasteiger partial charge in [0.25, 0.3) is 0 Å². The van der Waals surface area contributed by atoms with Gasteiger partial charge >= 0.3 is 0 Å². The zero-order valence-electron chi connectivity index (χ0n) is 16.5. The highest BCUT2D eigenvalue weighted by molar-refractivity contribution is 9.10. The van der Waals surface area contributed by atoms with Crippen LogP contribution in [-0.4, -0.2) is 31.5 Å². The van der Waals surface area contributed by atoms with Gasteiger partial charge in [-0.2, -0.15) is 0 Å². The number of halogens is 2. The van der Waals surface area contributed by atoms with Gasteiger partial charge in [-0.3, -0.25) is 4.98 Å². The third-order valence-electron chi connectivity index (χ3n) is 5.60. The molecule has 3 heterocycles. The number of rotatable bonds is 7. The molecule has 0 atom stereocenters. The molecule has 1 aliphatic rings. The fourth-order valence-corrected chi connectivity index (χ4v) is 4.15. The molecule has 1 saturated carbocycles. The third kappa shape index (κ3) is 4.74. The molecule has 8 heteroatoms. The number of aromatic nitrogens is 5. The minimum atomic E-state index is 0. The number of pyridine rings is 1. The number of hydrogen-bond donors (Lipinski definition) is 2. The van der Waals surface area contributed by atoms with Crippen LogP contribution in [0.5, 0.6) is 0 Å². The monoisotopic (exact) mass is 486 g/mol. The Kier molecular flexibility index (Phi) is 6.51. The smallest absolute Gasteiger partial charge is 0.114 e. The van der Waals surface area contributed by atoms with Gasteiger partial charge in [-0.25, -0.2) is 4.68 Å². The van der Waals surface area contributed by atoms with Crippen molar-refractivity contribution in [2.24, 2.45) is 5.92 Å². The molecule has 156 valence electrons. The zero-order chi connectivity index (χ0) is 19.6. The fourth-order valence-electron chi connectivity index (χ4n) is 3.78. The molecule has 30 heavy (non-hydrogen) atoms. The highest BCUT2D eigenvalue weighted by Gasteiger charge is 2.16. The summed E-state index contributed by atoms with van der Waals surface area (Å²) in [6.07, 6.45) is 9.67. The predicted molar refractivity (Wildman–Crippen MR) is 125 cm³/mol. The maximum atomic E-state index is 4.29. The summed E-state index contributed by atoms with van der Waals surface area (Å²) in [5, 5.41) is 13.4. The molecule has 0 bridgehead atoms. The van der Waals surface area contributed by atoms with Gasteiger partial charge in [0.1, 0.15) is 5.69 Å². The third-order valence-corrected chi connectivity index (χ3v) is 6.03. The van der Waals surface area contributed by atoms with E-state index < -0.39 is 0 Å². The molecule has 0 amide bonds. The predicted octanol–water partition coefficient (Wildman–Crippen LogP) is 4.94. The Hall–Kier alpha value is -2.22. The Labute approximate surface area is 190 Å². The number of nitrogens with one attached hydrogen (secondary N) is 2. The quantitative estimate of drug-likeness (QED) is 0.387. The molecule has 2 N–H and O–H groups in total. The second kappa shape index (κ2) is 9.29. The Balaban J connectivity index is 0.00000218. The van der Waals surface area contributed by atoms with E-state index in [1.54, 1.807) is 12.4 Å². The minimum Gasteiger partial charge on any atom is -0.357 e. The fraction of sp³-hybridized carbons (Fsp3) is 0.318. The Morgan fingerprint density at radius 2 is 2.07 bits per heavy atom. The van der Waals surface area contributed by atoms with Crippen molar-refractivity contribution in [1.29, 1.82) is 0 Å². The largest absolute Gasteiger partial charge is 0.357 e. The maximum Gasteiger partial charge on any atom is 0.114 e. The standard InChI is InChI=1S/C22H23BrN6.ClH/c23-19-7-18(10-25-11-19)22-14-29(28-27-22)13-16-4-5-17-8-20(26-21(17)6-16)12-24-9-15-2-1-3-15;/h4-8,10-11,14-15,24,26H,1-3,9,12-13H2;1H. The lowest BCUT2D eigenvalue weighted by Crippen LogP contribution is -2.26. The van der Waals surface area contributed by atoms with E-state index in [0.29, 0.717) is 6.54 Å². The second-order valence-corrected chi connectivity index (χ2v) is 8.75. The Morgan fingerprint density at radius 3 is 2.87 bits per heavy atom. The molecule has 0 radical (unpaired) electrons. The lowest BCUT2D eigenvalue weighted by atomic mass is 9.85. The molecule has 0 unspecified atom stereocenters. The molecule has 1 aromatic carbocycles. The first-order chi connectivity index (χ1) is 14.2. The van der Waals surface area contributed by atoms with Crippen molar-refractivity contribution in [3.63, 3.8) is 0 Å². The number of fused-ring (bicyclic) bond motifs is 1. The highest BCUT2D eigenvalue weighted by Crippen LogP contribution is 2.25. The van der Waals surface area contributed by atoms with Gasteiger partial charge in [-0.15, -0.1) is 17.5 Å². The summed E-state index contributed by atoms with van der Waals surface area (Å²) in [7, 11) is 0. The summed E-state index contributed by atoms with van der Waals surface area (Å²) in [6.45, 7) is 2.70. The Morgan fingerprint density at radius 1 is 1.17 bits per heavy atom. The minimum absolute atomic E-state index is 0. The first-order valence-corrected chi connectivity index (χ1v) is 10.8. The van der Waals surface area contributed by atoms with Gasteiger partial charge in [0.05, 0.1) is 12.7 Å². The average molecular weight is 488 g/mol. The summed E-state index contributed by atoms with van der Waals surface area (Å²) in [4.78, 5) is 7.74. The van der Waals surface area contributed by atoms with E-state index in [-0.39, 0.29) is 12.4 Å². The molecule has 5 rings (SSSR count). The Bertz CT molecular complexity index is 1130. The lowest BCUT2D eigenvalue weighted by Gasteiger charge is -2.25. The van der Waals surface area contributed by atoms with Crippen molar-refractivity contribution in [2.45, 2.75) is 32.4 Å². The van der Waals surface area contributed by atoms with Crippen molar-refractivity contribution < 1.29 is 0 Å². The van der Waals surface area contributed by atoms with E-state index in [1.807, 2.05) is 16.9 Å². The SMILES string of the molecule is Brc1cncc(-c2cn(Cc3ccc4cc(CNCC5CCC5)[nH]c4c3)nn2)c1.Cl. The summed E-state index contributed by atoms with van der Waals surface area (Å²) >= 11 is 3.45. The normalized spacial score (nSPS) is 13.9. The van der Waals surface area contributed by atoms with Gasteiger partial charge in [0, 0.05) is 40.2 Å². The van der Waals surface area contributed by atoms with Crippen LogP contribution in [0.3, 0.4) is 0 Å². The van der Waals surface area contributed by atoms with Gasteiger partial charge in [-0.05, 0) is 70.4 Å². The van der Waals surface area contributed by atoms with E-state index in [1.165, 1.54) is 41.4 Å². The van der Waals surface area contributed by atoms with Crippen molar-refractivity contribution >= 4 is 39.2 Å². The molecular weight excluding hydrogens is 464 g/mol. The van der Waals surface area contributed by atoms with Crippen LogP contribution in [0.2, 0.25) is 0 Å². The molecule has 1 aliphatic carbocycles. The first-order valence-electron chi connectivity index (χ1n) is 10.1.